The van der Waals surface area contributed by atoms with E-state index in [-0.39, 0.29) is 11.9 Å². The number of nitrogens with zero attached hydrogens (tertiary/aromatic N) is 3. The van der Waals surface area contributed by atoms with Crippen molar-refractivity contribution < 1.29 is 18.0 Å². The summed E-state index contributed by atoms with van der Waals surface area (Å²) < 4.78 is 38.2. The second-order valence-electron chi connectivity index (χ2n) is 5.48. The zero-order chi connectivity index (χ0) is 15.0. The lowest BCUT2D eigenvalue weighted by molar-refractivity contribution is -0.137. The van der Waals surface area contributed by atoms with Crippen molar-refractivity contribution in [3.63, 3.8) is 0 Å². The monoisotopic (exact) mass is 299 g/mol. The Morgan fingerprint density at radius 1 is 1.29 bits per heavy atom. The smallest absolute Gasteiger partial charge is 0.354 e. The van der Waals surface area contributed by atoms with Crippen molar-refractivity contribution in [1.29, 1.82) is 0 Å². The maximum atomic E-state index is 12.7. The molecule has 1 aromatic rings. The predicted octanol–water partition coefficient (Wildman–Crippen LogP) is 2.30. The van der Waals surface area contributed by atoms with Crippen molar-refractivity contribution in [1.82, 2.24) is 9.88 Å². The largest absolute Gasteiger partial charge is 0.416 e. The second-order valence-corrected chi connectivity index (χ2v) is 5.48. The summed E-state index contributed by atoms with van der Waals surface area (Å²) in [7, 11) is 0. The molecule has 0 spiro atoms. The number of hydrogen-bond donors (Lipinski definition) is 0. The van der Waals surface area contributed by atoms with Gasteiger partial charge in [0.2, 0.25) is 5.91 Å². The van der Waals surface area contributed by atoms with Gasteiger partial charge in [0.1, 0.15) is 5.82 Å². The zero-order valence-corrected chi connectivity index (χ0v) is 11.4. The van der Waals surface area contributed by atoms with Crippen molar-refractivity contribution in [2.45, 2.75) is 31.5 Å². The molecule has 1 unspecified atom stereocenters. The van der Waals surface area contributed by atoms with Gasteiger partial charge in [-0.25, -0.2) is 4.98 Å². The molecule has 0 N–H and O–H groups in total. The number of likely N-dealkylation sites (tertiary alicyclic amines) is 1. The highest BCUT2D eigenvalue weighted by molar-refractivity contribution is 5.78. The Labute approximate surface area is 120 Å². The number of alkyl halides is 3. The second kappa shape index (κ2) is 5.20. The third-order valence-corrected chi connectivity index (χ3v) is 4.11. The molecule has 3 rings (SSSR count). The zero-order valence-electron chi connectivity index (χ0n) is 11.4. The van der Waals surface area contributed by atoms with Gasteiger partial charge in [-0.15, -0.1) is 0 Å². The predicted molar refractivity (Wildman–Crippen MR) is 70.8 cm³/mol. The summed E-state index contributed by atoms with van der Waals surface area (Å²) in [6.07, 6.45) is -0.937. The molecule has 2 saturated heterocycles. The van der Waals surface area contributed by atoms with Crippen LogP contribution in [0.2, 0.25) is 0 Å². The van der Waals surface area contributed by atoms with E-state index in [9.17, 15) is 18.0 Å². The lowest BCUT2D eigenvalue weighted by Gasteiger charge is -2.24. The Kier molecular flexibility index (Phi) is 3.51. The average Bonchev–Trinajstić information content (AvgIpc) is 3.06. The Hall–Kier alpha value is -1.79. The molecule has 1 aromatic heterocycles. The summed E-state index contributed by atoms with van der Waals surface area (Å²) in [5.74, 6) is 0.484. The van der Waals surface area contributed by atoms with Crippen molar-refractivity contribution in [3.05, 3.63) is 23.9 Å². The van der Waals surface area contributed by atoms with Crippen LogP contribution in [0.25, 0.3) is 0 Å². The minimum atomic E-state index is -4.36. The van der Waals surface area contributed by atoms with E-state index in [2.05, 4.69) is 4.98 Å². The van der Waals surface area contributed by atoms with Gasteiger partial charge in [0.05, 0.1) is 11.6 Å². The fourth-order valence-electron chi connectivity index (χ4n) is 3.03. The molecule has 1 atom stereocenters. The highest BCUT2D eigenvalue weighted by atomic mass is 19.4. The molecule has 114 valence electrons. The number of halogens is 3. The van der Waals surface area contributed by atoms with Gasteiger partial charge in [-0.05, 0) is 25.0 Å². The van der Waals surface area contributed by atoms with Gasteiger partial charge in [-0.1, -0.05) is 0 Å². The van der Waals surface area contributed by atoms with Crippen LogP contribution in [0, 0.1) is 0 Å². The molecular weight excluding hydrogens is 283 g/mol. The standard InChI is InChI=1S/C14H16F3N3O/c15-14(16,17)10-3-5-18-12(8-10)19-7-4-11(9-19)20-6-1-2-13(20)21/h3,5,8,11H,1-2,4,6-7,9H2. The first kappa shape index (κ1) is 14.2. The van der Waals surface area contributed by atoms with Gasteiger partial charge in [-0.2, -0.15) is 13.2 Å². The molecule has 0 bridgehead atoms. The van der Waals surface area contributed by atoms with E-state index >= 15 is 0 Å². The first-order valence-electron chi connectivity index (χ1n) is 7.03. The summed E-state index contributed by atoms with van der Waals surface area (Å²) in [6.45, 7) is 1.94. The minimum absolute atomic E-state index is 0.0938. The molecule has 1 amide bonds. The van der Waals surface area contributed by atoms with Gasteiger partial charge in [0.25, 0.3) is 0 Å². The first-order valence-corrected chi connectivity index (χ1v) is 7.03. The normalized spacial score (nSPS) is 23.2. The Morgan fingerprint density at radius 2 is 2.10 bits per heavy atom. The topological polar surface area (TPSA) is 36.4 Å². The fraction of sp³-hybridized carbons (Fsp3) is 0.571. The minimum Gasteiger partial charge on any atom is -0.354 e. The molecule has 21 heavy (non-hydrogen) atoms. The van der Waals surface area contributed by atoms with Crippen molar-refractivity contribution >= 4 is 11.7 Å². The highest BCUT2D eigenvalue weighted by Crippen LogP contribution is 2.32. The summed E-state index contributed by atoms with van der Waals surface area (Å²) in [4.78, 5) is 19.5. The number of carbonyl (C=O) groups excluding carboxylic acids is 1. The molecule has 0 aliphatic carbocycles. The van der Waals surface area contributed by atoms with Crippen LogP contribution in [0.3, 0.4) is 0 Å². The number of anilines is 1. The van der Waals surface area contributed by atoms with E-state index in [0.717, 1.165) is 31.5 Å². The van der Waals surface area contributed by atoms with E-state index in [4.69, 9.17) is 0 Å². The molecule has 2 aliphatic heterocycles. The van der Waals surface area contributed by atoms with E-state index in [1.165, 1.54) is 6.20 Å². The molecule has 3 heterocycles. The van der Waals surface area contributed by atoms with Gasteiger partial charge in [0.15, 0.2) is 0 Å². The lowest BCUT2D eigenvalue weighted by atomic mass is 10.2. The summed E-state index contributed by atoms with van der Waals surface area (Å²) in [5, 5.41) is 0. The number of hydrogen-bond acceptors (Lipinski definition) is 3. The van der Waals surface area contributed by atoms with Crippen molar-refractivity contribution in [2.75, 3.05) is 24.5 Å². The SMILES string of the molecule is O=C1CCCN1C1CCN(c2cc(C(F)(F)F)ccn2)C1. The van der Waals surface area contributed by atoms with Crippen LogP contribution in [0.15, 0.2) is 18.3 Å². The molecule has 2 fully saturated rings. The maximum Gasteiger partial charge on any atom is 0.416 e. The Bertz CT molecular complexity index is 547. The van der Waals surface area contributed by atoms with E-state index < -0.39 is 11.7 Å². The van der Waals surface area contributed by atoms with Crippen LogP contribution in [0.4, 0.5) is 19.0 Å². The van der Waals surface area contributed by atoms with Gasteiger partial charge < -0.3 is 9.80 Å². The number of pyridine rings is 1. The number of amides is 1. The third kappa shape index (κ3) is 2.82. The molecule has 4 nitrogen and oxygen atoms in total. The van der Waals surface area contributed by atoms with Gasteiger partial charge in [-0.3, -0.25) is 4.79 Å². The van der Waals surface area contributed by atoms with Crippen LogP contribution in [0.5, 0.6) is 0 Å². The number of rotatable bonds is 2. The van der Waals surface area contributed by atoms with Crippen molar-refractivity contribution in [2.24, 2.45) is 0 Å². The average molecular weight is 299 g/mol. The molecule has 0 saturated carbocycles. The summed E-state index contributed by atoms with van der Waals surface area (Å²) >= 11 is 0. The van der Waals surface area contributed by atoms with Gasteiger partial charge >= 0.3 is 6.18 Å². The van der Waals surface area contributed by atoms with E-state index in [1.807, 2.05) is 9.80 Å². The summed E-state index contributed by atoms with van der Waals surface area (Å²) in [5.41, 5.74) is -0.687. The van der Waals surface area contributed by atoms with Crippen LogP contribution in [-0.4, -0.2) is 41.5 Å². The Morgan fingerprint density at radius 3 is 2.76 bits per heavy atom. The van der Waals surface area contributed by atoms with Crippen molar-refractivity contribution in [3.8, 4) is 0 Å². The third-order valence-electron chi connectivity index (χ3n) is 4.11. The number of carbonyl (C=O) groups is 1. The van der Waals surface area contributed by atoms with Crippen LogP contribution in [-0.2, 0) is 11.0 Å². The maximum absolute atomic E-state index is 12.7. The van der Waals surface area contributed by atoms with Crippen LogP contribution in [0.1, 0.15) is 24.8 Å². The molecular formula is C14H16F3N3O. The molecule has 2 aliphatic rings. The molecule has 7 heteroatoms. The number of aromatic nitrogens is 1. The van der Waals surface area contributed by atoms with E-state index in [0.29, 0.717) is 25.3 Å². The molecule has 0 aromatic carbocycles. The van der Waals surface area contributed by atoms with Crippen LogP contribution >= 0.6 is 0 Å². The van der Waals surface area contributed by atoms with Crippen LogP contribution < -0.4 is 4.90 Å². The quantitative estimate of drug-likeness (QED) is 0.841. The fourth-order valence-corrected chi connectivity index (χ4v) is 3.03. The lowest BCUT2D eigenvalue weighted by Crippen LogP contribution is -2.38. The van der Waals surface area contributed by atoms with Gasteiger partial charge in [0, 0.05) is 32.3 Å². The Balaban J connectivity index is 1.73. The highest BCUT2D eigenvalue weighted by Gasteiger charge is 2.35. The molecule has 0 radical (unpaired) electrons. The summed E-state index contributed by atoms with van der Waals surface area (Å²) in [6, 6.07) is 2.14. The van der Waals surface area contributed by atoms with E-state index in [1.54, 1.807) is 0 Å². The first-order chi connectivity index (χ1) is 9.95.